The molecule has 0 saturated carbocycles. The van der Waals surface area contributed by atoms with Crippen LogP contribution >= 0.6 is 27.3 Å². The Kier molecular flexibility index (Phi) is 4.94. The van der Waals surface area contributed by atoms with Crippen LogP contribution in [0, 0.1) is 25.2 Å². The Bertz CT molecular complexity index is 1060. The van der Waals surface area contributed by atoms with Gasteiger partial charge in [0.2, 0.25) is 0 Å². The number of aromatic nitrogens is 1. The number of aryl methyl sites for hydroxylation is 3. The molecular formula is C20H17BrN2OS. The number of halogens is 1. The number of benzene rings is 1. The van der Waals surface area contributed by atoms with Crippen LogP contribution in [0.5, 0.6) is 0 Å². The molecule has 0 aliphatic rings. The fraction of sp³-hybridized carbons (Fsp3) is 0.200. The van der Waals surface area contributed by atoms with Crippen molar-refractivity contribution < 1.29 is 0 Å². The van der Waals surface area contributed by atoms with Crippen molar-refractivity contribution in [3.05, 3.63) is 66.7 Å². The highest BCUT2D eigenvalue weighted by molar-refractivity contribution is 9.10. The van der Waals surface area contributed by atoms with Gasteiger partial charge in [0, 0.05) is 31.0 Å². The first-order valence-electron chi connectivity index (χ1n) is 7.98. The first-order valence-corrected chi connectivity index (χ1v) is 9.59. The minimum Gasteiger partial charge on any atom is -0.321 e. The zero-order valence-electron chi connectivity index (χ0n) is 14.2. The molecule has 0 radical (unpaired) electrons. The number of hydrogen-bond acceptors (Lipinski definition) is 3. The molecule has 0 aliphatic carbocycles. The number of hydrogen-bond donors (Lipinski definition) is 1. The molecule has 2 heterocycles. The van der Waals surface area contributed by atoms with Gasteiger partial charge in [0.15, 0.2) is 0 Å². The normalized spacial score (nSPS) is 10.7. The van der Waals surface area contributed by atoms with E-state index in [9.17, 15) is 10.1 Å². The Morgan fingerprint density at radius 3 is 2.60 bits per heavy atom. The molecule has 0 atom stereocenters. The van der Waals surface area contributed by atoms with E-state index in [2.05, 4.69) is 40.0 Å². The Morgan fingerprint density at radius 1 is 1.20 bits per heavy atom. The predicted octanol–water partition coefficient (Wildman–Crippen LogP) is 5.58. The lowest BCUT2D eigenvalue weighted by Crippen LogP contribution is -2.12. The van der Waals surface area contributed by atoms with E-state index in [1.165, 1.54) is 4.88 Å². The van der Waals surface area contributed by atoms with Gasteiger partial charge in [-0.15, -0.1) is 11.3 Å². The minimum absolute atomic E-state index is 0.158. The second-order valence-corrected chi connectivity index (χ2v) is 7.96. The van der Waals surface area contributed by atoms with E-state index in [0.29, 0.717) is 5.56 Å². The third-order valence-electron chi connectivity index (χ3n) is 4.17. The van der Waals surface area contributed by atoms with Crippen LogP contribution in [-0.4, -0.2) is 4.98 Å². The standard InChI is InChI=1S/C20H17BrN2OS/c1-4-18-16(21)9-19(25-18)14-8-17(23-20(24)15(14)10-22)13-7-11(2)5-6-12(13)3/h5-9H,4H2,1-3H3,(H,23,24). The largest absolute Gasteiger partial charge is 0.321 e. The lowest BCUT2D eigenvalue weighted by atomic mass is 9.99. The lowest BCUT2D eigenvalue weighted by molar-refractivity contribution is 1.18. The van der Waals surface area contributed by atoms with Gasteiger partial charge in [-0.2, -0.15) is 5.26 Å². The Hall–Kier alpha value is -2.16. The summed E-state index contributed by atoms with van der Waals surface area (Å²) in [6.07, 6.45) is 0.903. The molecule has 0 aliphatic heterocycles. The first-order chi connectivity index (χ1) is 11.9. The van der Waals surface area contributed by atoms with Crippen LogP contribution in [0.25, 0.3) is 21.7 Å². The number of thiophene rings is 1. The Morgan fingerprint density at radius 2 is 1.96 bits per heavy atom. The monoisotopic (exact) mass is 412 g/mol. The molecule has 3 nitrogen and oxygen atoms in total. The van der Waals surface area contributed by atoms with Crippen molar-refractivity contribution in [2.45, 2.75) is 27.2 Å². The van der Waals surface area contributed by atoms with Crippen LogP contribution in [0.2, 0.25) is 0 Å². The maximum atomic E-state index is 12.5. The van der Waals surface area contributed by atoms with Crippen molar-refractivity contribution in [3.63, 3.8) is 0 Å². The van der Waals surface area contributed by atoms with Gasteiger partial charge in [-0.25, -0.2) is 0 Å². The zero-order valence-corrected chi connectivity index (χ0v) is 16.6. The molecule has 25 heavy (non-hydrogen) atoms. The highest BCUT2D eigenvalue weighted by Crippen LogP contribution is 2.37. The van der Waals surface area contributed by atoms with Crippen LogP contribution in [0.3, 0.4) is 0 Å². The van der Waals surface area contributed by atoms with Crippen molar-refractivity contribution in [1.82, 2.24) is 4.98 Å². The van der Waals surface area contributed by atoms with Crippen LogP contribution < -0.4 is 5.56 Å². The molecule has 2 aromatic heterocycles. The number of rotatable bonds is 3. The SMILES string of the molecule is CCc1sc(-c2cc(-c3cc(C)ccc3C)[nH]c(=O)c2C#N)cc1Br. The summed E-state index contributed by atoms with van der Waals surface area (Å²) in [5, 5.41) is 9.48. The maximum Gasteiger partial charge on any atom is 0.267 e. The molecule has 0 unspecified atom stereocenters. The smallest absolute Gasteiger partial charge is 0.267 e. The fourth-order valence-corrected chi connectivity index (χ4v) is 4.73. The van der Waals surface area contributed by atoms with Crippen LogP contribution in [0.15, 0.2) is 39.6 Å². The molecule has 1 aromatic carbocycles. The van der Waals surface area contributed by atoms with Gasteiger partial charge >= 0.3 is 0 Å². The molecule has 0 fully saturated rings. The number of pyridine rings is 1. The van der Waals surface area contributed by atoms with Gasteiger partial charge in [0.05, 0.1) is 0 Å². The zero-order chi connectivity index (χ0) is 18.1. The average Bonchev–Trinajstić information content (AvgIpc) is 2.97. The third kappa shape index (κ3) is 3.33. The molecule has 1 N–H and O–H groups in total. The molecule has 3 rings (SSSR count). The van der Waals surface area contributed by atoms with E-state index in [4.69, 9.17) is 0 Å². The number of aromatic amines is 1. The van der Waals surface area contributed by atoms with Gasteiger partial charge in [0.1, 0.15) is 11.6 Å². The van der Waals surface area contributed by atoms with Gasteiger partial charge in [-0.3, -0.25) is 4.79 Å². The molecule has 0 saturated heterocycles. The summed E-state index contributed by atoms with van der Waals surface area (Å²) < 4.78 is 1.02. The second kappa shape index (κ2) is 6.99. The summed E-state index contributed by atoms with van der Waals surface area (Å²) in [4.78, 5) is 17.5. The number of nitrogens with zero attached hydrogens (tertiary/aromatic N) is 1. The molecule has 0 amide bonds. The van der Waals surface area contributed by atoms with Crippen molar-refractivity contribution in [2.24, 2.45) is 0 Å². The Labute approximate surface area is 159 Å². The molecule has 126 valence electrons. The number of nitriles is 1. The van der Waals surface area contributed by atoms with E-state index in [-0.39, 0.29) is 11.1 Å². The molecule has 0 spiro atoms. The quantitative estimate of drug-likeness (QED) is 0.609. The number of H-pyrrole nitrogens is 1. The van der Waals surface area contributed by atoms with E-state index in [1.807, 2.05) is 38.1 Å². The maximum absolute atomic E-state index is 12.5. The average molecular weight is 413 g/mol. The molecule has 3 aromatic rings. The highest BCUT2D eigenvalue weighted by Gasteiger charge is 2.16. The van der Waals surface area contributed by atoms with Crippen molar-refractivity contribution >= 4 is 27.3 Å². The number of nitrogens with one attached hydrogen (secondary N) is 1. The summed E-state index contributed by atoms with van der Waals surface area (Å²) in [5.74, 6) is 0. The molecule has 5 heteroatoms. The van der Waals surface area contributed by atoms with Crippen molar-refractivity contribution in [3.8, 4) is 27.8 Å². The predicted molar refractivity (Wildman–Crippen MR) is 107 cm³/mol. The van der Waals surface area contributed by atoms with Gasteiger partial charge in [-0.05, 0) is 60.0 Å². The van der Waals surface area contributed by atoms with E-state index >= 15 is 0 Å². The van der Waals surface area contributed by atoms with Gasteiger partial charge in [0.25, 0.3) is 5.56 Å². The Balaban J connectivity index is 2.28. The molecule has 0 bridgehead atoms. The van der Waals surface area contributed by atoms with E-state index in [1.54, 1.807) is 11.3 Å². The lowest BCUT2D eigenvalue weighted by Gasteiger charge is -2.10. The van der Waals surface area contributed by atoms with Gasteiger partial charge < -0.3 is 4.98 Å². The van der Waals surface area contributed by atoms with E-state index < -0.39 is 0 Å². The van der Waals surface area contributed by atoms with Crippen LogP contribution in [-0.2, 0) is 6.42 Å². The van der Waals surface area contributed by atoms with Crippen molar-refractivity contribution in [1.29, 1.82) is 5.26 Å². The summed E-state index contributed by atoms with van der Waals surface area (Å²) in [6, 6.07) is 12.1. The van der Waals surface area contributed by atoms with E-state index in [0.717, 1.165) is 38.2 Å². The van der Waals surface area contributed by atoms with Gasteiger partial charge in [-0.1, -0.05) is 24.6 Å². The first kappa shape index (κ1) is 17.7. The fourth-order valence-electron chi connectivity index (χ4n) is 2.82. The second-order valence-electron chi connectivity index (χ2n) is 5.97. The topological polar surface area (TPSA) is 56.6 Å². The van der Waals surface area contributed by atoms with Crippen LogP contribution in [0.1, 0.15) is 28.5 Å². The summed E-state index contributed by atoms with van der Waals surface area (Å²) in [6.45, 7) is 6.13. The summed E-state index contributed by atoms with van der Waals surface area (Å²) in [5.41, 5.74) is 4.42. The molecular weight excluding hydrogens is 396 g/mol. The summed E-state index contributed by atoms with van der Waals surface area (Å²) >= 11 is 5.18. The minimum atomic E-state index is -0.349. The highest BCUT2D eigenvalue weighted by atomic mass is 79.9. The third-order valence-corrected chi connectivity index (χ3v) is 6.45. The van der Waals surface area contributed by atoms with Crippen molar-refractivity contribution in [2.75, 3.05) is 0 Å². The summed E-state index contributed by atoms with van der Waals surface area (Å²) in [7, 11) is 0. The van der Waals surface area contributed by atoms with Crippen LogP contribution in [0.4, 0.5) is 0 Å².